The number of terminal acetylenes is 1. The highest BCUT2D eigenvalue weighted by molar-refractivity contribution is 5.75. The molecule has 0 aromatic heterocycles. The molecule has 1 unspecified atom stereocenters. The second-order valence-corrected chi connectivity index (χ2v) is 12.8. The number of hydrogen-bond acceptors (Lipinski definition) is 6. The molecule has 7 heteroatoms. The number of ketones is 2. The predicted octanol–water partition coefficient (Wildman–Crippen LogP) is 14.7. The third-order valence-corrected chi connectivity index (χ3v) is 6.37. The standard InChI is InChI=1S/C10H18O.C9H15FO2.C9H16O2.C9H14.C7H12O.2C3H6/c1-3-4-5-6-7-8-9-10(2)11;1-3-4-5-6-9(11)12-7-8(2)10;1-3-5-6-7-9(10)11-8-4-2;1-3-5-7-9-8-6-4-2;1-3-4-5-6-7(2)8;2*1-3-2/h3H,1,4-9H2,2H3;3,8H,1,4-7H2,2H3;3H,1,4-8H2,2H3;1,4H,2,5-9H2;3H,1,4-6H2,2H3;2*3H,1H2,2H3. The molecule has 0 saturated carbocycles. The van der Waals surface area contributed by atoms with Crippen LogP contribution in [0, 0.1) is 12.3 Å². The summed E-state index contributed by atoms with van der Waals surface area (Å²) in [7, 11) is 0. The van der Waals surface area contributed by atoms with Crippen LogP contribution in [-0.2, 0) is 28.7 Å². The number of hydrogen-bond donors (Lipinski definition) is 0. The first kappa shape index (κ1) is 67.7. The molecule has 6 nitrogen and oxygen atoms in total. The van der Waals surface area contributed by atoms with E-state index < -0.39 is 6.17 Å². The van der Waals surface area contributed by atoms with Gasteiger partial charge in [0.15, 0.2) is 0 Å². The molecule has 57 heavy (non-hydrogen) atoms. The normalized spacial score (nSPS) is 9.16. The smallest absolute Gasteiger partial charge is 0.305 e. The summed E-state index contributed by atoms with van der Waals surface area (Å²) in [5.41, 5.74) is 0. The lowest BCUT2D eigenvalue weighted by Crippen LogP contribution is -2.11. The summed E-state index contributed by atoms with van der Waals surface area (Å²) < 4.78 is 21.6. The van der Waals surface area contributed by atoms with E-state index in [9.17, 15) is 23.6 Å². The second kappa shape index (κ2) is 69.8. The van der Waals surface area contributed by atoms with Crippen LogP contribution in [0.2, 0.25) is 0 Å². The lowest BCUT2D eigenvalue weighted by molar-refractivity contribution is -0.145. The summed E-state index contributed by atoms with van der Waals surface area (Å²) in [4.78, 5) is 42.4. The Morgan fingerprint density at radius 2 is 0.912 bits per heavy atom. The van der Waals surface area contributed by atoms with Gasteiger partial charge >= 0.3 is 11.9 Å². The first-order valence-corrected chi connectivity index (χ1v) is 20.8. The Kier molecular flexibility index (Phi) is 82.9. The van der Waals surface area contributed by atoms with Gasteiger partial charge in [-0.15, -0.1) is 58.4 Å². The highest BCUT2D eigenvalue weighted by atomic mass is 19.1. The number of esters is 2. The highest BCUT2D eigenvalue weighted by Gasteiger charge is 2.04. The van der Waals surface area contributed by atoms with E-state index in [0.717, 1.165) is 77.0 Å². The molecule has 0 aromatic carbocycles. The van der Waals surface area contributed by atoms with Crippen LogP contribution in [0.4, 0.5) is 4.39 Å². The third-order valence-electron chi connectivity index (χ3n) is 6.37. The minimum atomic E-state index is -1.08. The van der Waals surface area contributed by atoms with E-state index in [0.29, 0.717) is 31.7 Å². The van der Waals surface area contributed by atoms with Crippen molar-refractivity contribution in [1.29, 1.82) is 0 Å². The molecule has 0 radical (unpaired) electrons. The molecule has 0 fully saturated rings. The van der Waals surface area contributed by atoms with Crippen molar-refractivity contribution in [3.63, 3.8) is 0 Å². The fourth-order valence-corrected chi connectivity index (χ4v) is 3.55. The van der Waals surface area contributed by atoms with Crippen LogP contribution in [0.5, 0.6) is 0 Å². The van der Waals surface area contributed by atoms with Gasteiger partial charge in [0.2, 0.25) is 0 Å². The number of carbonyl (C=O) groups is 4. The molecule has 0 aliphatic heterocycles. The summed E-state index contributed by atoms with van der Waals surface area (Å²) in [6, 6.07) is 0. The molecule has 0 aliphatic carbocycles. The van der Waals surface area contributed by atoms with Gasteiger partial charge in [-0.3, -0.25) is 9.59 Å². The molecular weight excluding hydrogens is 716 g/mol. The fraction of sp³-hybridized carbons (Fsp3) is 0.600. The Balaban J connectivity index is -0.000000106. The van der Waals surface area contributed by atoms with Gasteiger partial charge in [-0.05, 0) is 118 Å². The van der Waals surface area contributed by atoms with Gasteiger partial charge in [0.1, 0.15) is 24.3 Å². The minimum absolute atomic E-state index is 0.0892. The molecule has 0 bridgehead atoms. The van der Waals surface area contributed by atoms with Crippen LogP contribution >= 0.6 is 0 Å². The van der Waals surface area contributed by atoms with Gasteiger partial charge in [0.25, 0.3) is 0 Å². The van der Waals surface area contributed by atoms with Crippen LogP contribution in [0.1, 0.15) is 176 Å². The zero-order chi connectivity index (χ0) is 45.2. The summed E-state index contributed by atoms with van der Waals surface area (Å²) in [6.07, 6.45) is 36.7. The summed E-state index contributed by atoms with van der Waals surface area (Å²) in [6.45, 7) is 35.5. The minimum Gasteiger partial charge on any atom is -0.466 e. The highest BCUT2D eigenvalue weighted by Crippen LogP contribution is 2.06. The van der Waals surface area contributed by atoms with Gasteiger partial charge in [-0.2, -0.15) is 0 Å². The summed E-state index contributed by atoms with van der Waals surface area (Å²) in [5.74, 6) is 2.78. The van der Waals surface area contributed by atoms with E-state index in [1.54, 1.807) is 32.1 Å². The average Bonchev–Trinajstić information content (AvgIpc) is 3.16. The van der Waals surface area contributed by atoms with Gasteiger partial charge in [-0.25, -0.2) is 4.39 Å². The molecule has 0 heterocycles. The fourth-order valence-electron chi connectivity index (χ4n) is 3.55. The number of carbonyl (C=O) groups excluding carboxylic acids is 4. The monoisotopic (exact) mass is 803 g/mol. The van der Waals surface area contributed by atoms with Crippen molar-refractivity contribution < 1.29 is 33.0 Å². The van der Waals surface area contributed by atoms with E-state index in [2.05, 4.69) is 56.7 Å². The first-order valence-electron chi connectivity index (χ1n) is 20.8. The molecule has 0 rings (SSSR count). The van der Waals surface area contributed by atoms with Crippen molar-refractivity contribution in [3.8, 4) is 12.3 Å². The van der Waals surface area contributed by atoms with E-state index in [-0.39, 0.29) is 24.3 Å². The third kappa shape index (κ3) is 112. The van der Waals surface area contributed by atoms with Crippen molar-refractivity contribution in [2.24, 2.45) is 0 Å². The zero-order valence-electron chi connectivity index (χ0n) is 37.7. The van der Waals surface area contributed by atoms with Crippen molar-refractivity contribution in [2.45, 2.75) is 183 Å². The lowest BCUT2D eigenvalue weighted by atomic mass is 10.1. The van der Waals surface area contributed by atoms with Crippen LogP contribution in [0.3, 0.4) is 0 Å². The van der Waals surface area contributed by atoms with E-state index in [1.165, 1.54) is 45.4 Å². The van der Waals surface area contributed by atoms with Crippen LogP contribution in [0.15, 0.2) is 88.6 Å². The summed E-state index contributed by atoms with van der Waals surface area (Å²) >= 11 is 0. The van der Waals surface area contributed by atoms with Gasteiger partial charge < -0.3 is 19.1 Å². The van der Waals surface area contributed by atoms with Gasteiger partial charge in [-0.1, -0.05) is 68.7 Å². The van der Waals surface area contributed by atoms with Crippen molar-refractivity contribution in [2.75, 3.05) is 13.2 Å². The number of alkyl halides is 1. The molecule has 0 amide bonds. The summed E-state index contributed by atoms with van der Waals surface area (Å²) in [5, 5.41) is 0. The Morgan fingerprint density at radius 3 is 1.26 bits per heavy atom. The average molecular weight is 803 g/mol. The molecular formula is C50H87FO6. The number of rotatable bonds is 28. The zero-order valence-corrected chi connectivity index (χ0v) is 37.7. The SMILES string of the molecule is C#CCCCCCC=C.C=CC.C=CC.C=CCCCC(=O)OCC(C)F.C=CCCCC(=O)OCCC.C=CCCCC(C)=O.C=CCCCCCCC(C)=O. The number of unbranched alkanes of at least 4 members (excludes halogenated alkanes) is 11. The quantitative estimate of drug-likeness (QED) is 0.0339. The molecule has 1 atom stereocenters. The maximum absolute atomic E-state index is 12.2. The number of Topliss-reactive ketones (excluding diaryl/α,β-unsaturated/α-hetero) is 2. The lowest BCUT2D eigenvalue weighted by Gasteiger charge is -2.03. The Labute approximate surface area is 352 Å². The van der Waals surface area contributed by atoms with Crippen LogP contribution < -0.4 is 0 Å². The van der Waals surface area contributed by atoms with E-state index in [4.69, 9.17) is 11.2 Å². The molecule has 0 aromatic rings. The molecule has 0 aliphatic rings. The Morgan fingerprint density at radius 1 is 0.579 bits per heavy atom. The van der Waals surface area contributed by atoms with Crippen LogP contribution in [0.25, 0.3) is 0 Å². The molecule has 0 N–H and O–H groups in total. The van der Waals surface area contributed by atoms with Gasteiger partial charge in [0.05, 0.1) is 6.61 Å². The number of ether oxygens (including phenoxy) is 2. The molecule has 0 saturated heterocycles. The Bertz CT molecular complexity index is 983. The van der Waals surface area contributed by atoms with Crippen molar-refractivity contribution >= 4 is 23.5 Å². The number of allylic oxidation sites excluding steroid dienone is 7. The largest absolute Gasteiger partial charge is 0.466 e. The van der Waals surface area contributed by atoms with E-state index >= 15 is 0 Å². The van der Waals surface area contributed by atoms with Gasteiger partial charge in [0, 0.05) is 32.1 Å². The Hall–Kier alpha value is -4.05. The van der Waals surface area contributed by atoms with Crippen molar-refractivity contribution in [3.05, 3.63) is 88.6 Å². The first-order chi connectivity index (χ1) is 27.3. The van der Waals surface area contributed by atoms with Crippen LogP contribution in [-0.4, -0.2) is 42.9 Å². The predicted molar refractivity (Wildman–Crippen MR) is 248 cm³/mol. The second-order valence-electron chi connectivity index (χ2n) is 12.8. The maximum Gasteiger partial charge on any atom is 0.305 e. The molecule has 0 spiro atoms. The van der Waals surface area contributed by atoms with Crippen molar-refractivity contribution in [1.82, 2.24) is 0 Å². The maximum atomic E-state index is 12.2. The van der Waals surface area contributed by atoms with E-state index in [1.807, 2.05) is 45.1 Å². The number of halogens is 1. The molecule has 330 valence electrons. The topological polar surface area (TPSA) is 86.7 Å².